The summed E-state index contributed by atoms with van der Waals surface area (Å²) in [4.78, 5) is 13.9. The van der Waals surface area contributed by atoms with Crippen molar-refractivity contribution in [3.05, 3.63) is 45.8 Å². The van der Waals surface area contributed by atoms with Gasteiger partial charge in [0, 0.05) is 10.6 Å². The van der Waals surface area contributed by atoms with Crippen LogP contribution in [0.5, 0.6) is 0 Å². The van der Waals surface area contributed by atoms with Crippen molar-refractivity contribution in [1.82, 2.24) is 0 Å². The Kier molecular flexibility index (Phi) is 6.85. The Morgan fingerprint density at radius 1 is 1.19 bits per heavy atom. The lowest BCUT2D eigenvalue weighted by Gasteiger charge is -2.12. The molecule has 0 spiro atoms. The number of rotatable bonds is 5. The molecule has 4 nitrogen and oxygen atoms in total. The van der Waals surface area contributed by atoms with Gasteiger partial charge in [0.1, 0.15) is 5.00 Å². The van der Waals surface area contributed by atoms with Crippen LogP contribution in [0.25, 0.3) is 0 Å². The molecule has 144 valence electrons. The Morgan fingerprint density at radius 3 is 2.78 bits per heavy atom. The third-order valence-corrected chi connectivity index (χ3v) is 6.13. The lowest BCUT2D eigenvalue weighted by Crippen LogP contribution is -2.20. The first kappa shape index (κ1) is 19.8. The fourth-order valence-electron chi connectivity index (χ4n) is 3.38. The number of hydrogen-bond donors (Lipinski definition) is 2. The normalized spacial score (nSPS) is 13.4. The fourth-order valence-corrected chi connectivity index (χ4v) is 4.95. The first-order chi connectivity index (χ1) is 13.1. The van der Waals surface area contributed by atoms with Crippen LogP contribution >= 0.6 is 23.6 Å². The van der Waals surface area contributed by atoms with Crippen molar-refractivity contribution in [3.63, 3.8) is 0 Å². The molecule has 0 amide bonds. The van der Waals surface area contributed by atoms with Gasteiger partial charge in [-0.3, -0.25) is 0 Å². The zero-order valence-electron chi connectivity index (χ0n) is 15.9. The molecular formula is C21H26N2O2S2. The van der Waals surface area contributed by atoms with Crippen LogP contribution in [-0.4, -0.2) is 17.7 Å². The Morgan fingerprint density at radius 2 is 2.00 bits per heavy atom. The summed E-state index contributed by atoms with van der Waals surface area (Å²) >= 11 is 7.14. The molecule has 0 unspecified atom stereocenters. The molecule has 0 fully saturated rings. The van der Waals surface area contributed by atoms with Gasteiger partial charge in [-0.25, -0.2) is 4.79 Å². The van der Waals surface area contributed by atoms with E-state index >= 15 is 0 Å². The minimum Gasteiger partial charge on any atom is -0.462 e. The van der Waals surface area contributed by atoms with Crippen LogP contribution in [-0.2, 0) is 24.0 Å². The number of aryl methyl sites for hydroxylation is 2. The third kappa shape index (κ3) is 4.87. The van der Waals surface area contributed by atoms with Gasteiger partial charge in [0.05, 0.1) is 12.2 Å². The minimum absolute atomic E-state index is 0.254. The largest absolute Gasteiger partial charge is 0.462 e. The standard InChI is InChI=1S/C21H26N2O2S2/c1-3-14-9-8-10-15(13-14)22-21(26)23-19-18(20(24)25-4-2)16-11-6-5-7-12-17(16)27-19/h8-10,13H,3-7,11-12H2,1-2H3,(H2,22,23,26). The van der Waals surface area contributed by atoms with E-state index in [2.05, 4.69) is 29.7 Å². The second-order valence-electron chi connectivity index (χ2n) is 6.62. The van der Waals surface area contributed by atoms with Gasteiger partial charge in [0.2, 0.25) is 0 Å². The van der Waals surface area contributed by atoms with E-state index < -0.39 is 0 Å². The number of anilines is 2. The number of thiocarbonyl (C=S) groups is 1. The van der Waals surface area contributed by atoms with Gasteiger partial charge in [-0.1, -0.05) is 25.5 Å². The molecule has 27 heavy (non-hydrogen) atoms. The quantitative estimate of drug-likeness (QED) is 0.389. The molecule has 0 aliphatic heterocycles. The zero-order chi connectivity index (χ0) is 19.2. The van der Waals surface area contributed by atoms with E-state index in [9.17, 15) is 4.79 Å². The number of esters is 1. The van der Waals surface area contributed by atoms with Crippen molar-refractivity contribution >= 4 is 45.3 Å². The minimum atomic E-state index is -0.254. The number of benzene rings is 1. The summed E-state index contributed by atoms with van der Waals surface area (Å²) in [6.45, 7) is 4.33. The van der Waals surface area contributed by atoms with Crippen LogP contribution in [0, 0.1) is 0 Å². The highest BCUT2D eigenvalue weighted by Gasteiger charge is 2.26. The fraction of sp³-hybridized carbons (Fsp3) is 0.429. The molecule has 1 aromatic heterocycles. The highest BCUT2D eigenvalue weighted by Crippen LogP contribution is 2.38. The van der Waals surface area contributed by atoms with Gasteiger partial charge in [-0.15, -0.1) is 11.3 Å². The molecule has 0 saturated carbocycles. The predicted octanol–water partition coefficient (Wildman–Crippen LogP) is 5.57. The molecular weight excluding hydrogens is 376 g/mol. The van der Waals surface area contributed by atoms with Crippen molar-refractivity contribution in [3.8, 4) is 0 Å². The summed E-state index contributed by atoms with van der Waals surface area (Å²) in [5.41, 5.74) is 4.01. The lowest BCUT2D eigenvalue weighted by molar-refractivity contribution is 0.0527. The first-order valence-corrected chi connectivity index (χ1v) is 10.8. The van der Waals surface area contributed by atoms with Crippen molar-refractivity contribution < 1.29 is 9.53 Å². The second kappa shape index (κ2) is 9.33. The summed E-state index contributed by atoms with van der Waals surface area (Å²) < 4.78 is 5.33. The van der Waals surface area contributed by atoms with Crippen LogP contribution in [0.4, 0.5) is 10.7 Å². The molecule has 0 radical (unpaired) electrons. The Balaban J connectivity index is 1.82. The van der Waals surface area contributed by atoms with Gasteiger partial charge in [0.25, 0.3) is 0 Å². The van der Waals surface area contributed by atoms with Gasteiger partial charge >= 0.3 is 5.97 Å². The predicted molar refractivity (Wildman–Crippen MR) is 117 cm³/mol. The monoisotopic (exact) mass is 402 g/mol. The van der Waals surface area contributed by atoms with E-state index in [1.54, 1.807) is 11.3 Å². The van der Waals surface area contributed by atoms with Gasteiger partial charge in [-0.2, -0.15) is 0 Å². The summed E-state index contributed by atoms with van der Waals surface area (Å²) in [7, 11) is 0. The van der Waals surface area contributed by atoms with Gasteiger partial charge in [0.15, 0.2) is 5.11 Å². The Hall–Kier alpha value is -1.92. The SMILES string of the molecule is CCOC(=O)c1c(NC(=S)Nc2cccc(CC)c2)sc2c1CCCCC2. The molecule has 0 bridgehead atoms. The summed E-state index contributed by atoms with van der Waals surface area (Å²) in [5.74, 6) is -0.254. The average Bonchev–Trinajstić information content (AvgIpc) is 2.82. The topological polar surface area (TPSA) is 50.4 Å². The molecule has 1 aliphatic rings. The van der Waals surface area contributed by atoms with Gasteiger partial charge < -0.3 is 15.4 Å². The summed E-state index contributed by atoms with van der Waals surface area (Å²) in [5, 5.41) is 7.77. The molecule has 1 aliphatic carbocycles. The van der Waals surface area contributed by atoms with E-state index in [4.69, 9.17) is 17.0 Å². The van der Waals surface area contributed by atoms with Crippen molar-refractivity contribution in [1.29, 1.82) is 0 Å². The molecule has 2 N–H and O–H groups in total. The summed E-state index contributed by atoms with van der Waals surface area (Å²) in [6.07, 6.45) is 6.41. The molecule has 1 aromatic carbocycles. The maximum atomic E-state index is 12.6. The van der Waals surface area contributed by atoms with E-state index in [0.717, 1.165) is 41.9 Å². The average molecular weight is 403 g/mol. The van der Waals surface area contributed by atoms with E-state index in [0.29, 0.717) is 17.3 Å². The highest BCUT2D eigenvalue weighted by atomic mass is 32.1. The van der Waals surface area contributed by atoms with Crippen LogP contribution in [0.2, 0.25) is 0 Å². The number of ether oxygens (including phenoxy) is 1. The maximum Gasteiger partial charge on any atom is 0.341 e. The number of carbonyl (C=O) groups is 1. The van der Waals surface area contributed by atoms with E-state index in [1.807, 2.05) is 19.1 Å². The van der Waals surface area contributed by atoms with Crippen molar-refractivity contribution in [2.75, 3.05) is 17.2 Å². The lowest BCUT2D eigenvalue weighted by atomic mass is 10.1. The molecule has 2 aromatic rings. The molecule has 6 heteroatoms. The van der Waals surface area contributed by atoms with Crippen molar-refractivity contribution in [2.24, 2.45) is 0 Å². The number of fused-ring (bicyclic) bond motifs is 1. The number of carbonyl (C=O) groups excluding carboxylic acids is 1. The third-order valence-electron chi connectivity index (χ3n) is 4.72. The summed E-state index contributed by atoms with van der Waals surface area (Å²) in [6, 6.07) is 8.19. The second-order valence-corrected chi connectivity index (χ2v) is 8.14. The molecule has 3 rings (SSSR count). The Bertz CT molecular complexity index is 830. The molecule has 0 atom stereocenters. The van der Waals surface area contributed by atoms with Crippen LogP contribution in [0.15, 0.2) is 24.3 Å². The molecule has 0 saturated heterocycles. The Labute approximate surface area is 170 Å². The van der Waals surface area contributed by atoms with E-state index in [-0.39, 0.29) is 5.97 Å². The molecule has 1 heterocycles. The number of hydrogen-bond acceptors (Lipinski definition) is 4. The zero-order valence-corrected chi connectivity index (χ0v) is 17.5. The number of nitrogens with one attached hydrogen (secondary N) is 2. The van der Waals surface area contributed by atoms with Crippen LogP contribution < -0.4 is 10.6 Å². The van der Waals surface area contributed by atoms with Crippen LogP contribution in [0.1, 0.15) is 59.5 Å². The van der Waals surface area contributed by atoms with Crippen LogP contribution in [0.3, 0.4) is 0 Å². The van der Waals surface area contributed by atoms with Gasteiger partial charge in [-0.05, 0) is 74.5 Å². The number of thiophene rings is 1. The highest BCUT2D eigenvalue weighted by molar-refractivity contribution is 7.80. The smallest absolute Gasteiger partial charge is 0.341 e. The van der Waals surface area contributed by atoms with Crippen molar-refractivity contribution in [2.45, 2.75) is 52.4 Å². The first-order valence-electron chi connectivity index (χ1n) is 9.61. The van der Waals surface area contributed by atoms with E-state index in [1.165, 1.54) is 23.3 Å². The maximum absolute atomic E-state index is 12.6.